The van der Waals surface area contributed by atoms with Gasteiger partial charge in [-0.15, -0.1) is 11.8 Å². The summed E-state index contributed by atoms with van der Waals surface area (Å²) < 4.78 is 0. The van der Waals surface area contributed by atoms with Crippen LogP contribution in [0.15, 0.2) is 24.3 Å². The third-order valence-corrected chi connectivity index (χ3v) is 4.77. The molecule has 0 aliphatic carbocycles. The lowest BCUT2D eigenvalue weighted by Crippen LogP contribution is -2.52. The van der Waals surface area contributed by atoms with Crippen LogP contribution in [0.2, 0.25) is 0 Å². The quantitative estimate of drug-likeness (QED) is 0.572. The summed E-state index contributed by atoms with van der Waals surface area (Å²) in [5, 5.41) is 23.5. The first-order chi connectivity index (χ1) is 12.3. The van der Waals surface area contributed by atoms with E-state index in [1.807, 2.05) is 0 Å². The maximum Gasteiger partial charge on any atom is 0.408 e. The summed E-state index contributed by atoms with van der Waals surface area (Å²) >= 11 is 1.30. The number of rotatable bonds is 6. The van der Waals surface area contributed by atoms with E-state index in [2.05, 4.69) is 10.6 Å². The molecule has 140 valence electrons. The van der Waals surface area contributed by atoms with E-state index in [-0.39, 0.29) is 24.0 Å². The lowest BCUT2D eigenvalue weighted by molar-refractivity contribution is -0.142. The van der Waals surface area contributed by atoms with Crippen LogP contribution in [0.5, 0.6) is 0 Å². The third kappa shape index (κ3) is 5.12. The average Bonchev–Trinajstić information content (AvgIpc) is 3.05. The molecule has 4 N–H and O–H groups in total. The van der Waals surface area contributed by atoms with E-state index in [9.17, 15) is 24.3 Å². The minimum atomic E-state index is -1.21. The second kappa shape index (κ2) is 8.56. The van der Waals surface area contributed by atoms with Crippen molar-refractivity contribution >= 4 is 41.3 Å². The highest BCUT2D eigenvalue weighted by Crippen LogP contribution is 2.21. The molecule has 0 bridgehead atoms. The molecule has 26 heavy (non-hydrogen) atoms. The van der Waals surface area contributed by atoms with Crippen molar-refractivity contribution in [2.45, 2.75) is 25.4 Å². The number of hydrogen-bond acceptors (Lipinski definition) is 5. The fraction of sp³-hybridized carbons (Fsp3) is 0.375. The van der Waals surface area contributed by atoms with Gasteiger partial charge in [0.15, 0.2) is 0 Å². The first-order valence-electron chi connectivity index (χ1n) is 7.75. The van der Waals surface area contributed by atoms with Gasteiger partial charge in [-0.25, -0.2) is 9.59 Å². The van der Waals surface area contributed by atoms with E-state index in [0.29, 0.717) is 11.3 Å². The number of thioether (sulfide) groups is 1. The van der Waals surface area contributed by atoms with Crippen molar-refractivity contribution in [1.82, 2.24) is 10.2 Å². The molecule has 1 heterocycles. The van der Waals surface area contributed by atoms with Crippen molar-refractivity contribution in [2.24, 2.45) is 0 Å². The van der Waals surface area contributed by atoms with Crippen molar-refractivity contribution < 1.29 is 29.4 Å². The normalized spacial score (nSPS) is 17.4. The van der Waals surface area contributed by atoms with Gasteiger partial charge in [-0.3, -0.25) is 14.5 Å². The first kappa shape index (κ1) is 19.6. The first-order valence-corrected chi connectivity index (χ1v) is 8.90. The van der Waals surface area contributed by atoms with Gasteiger partial charge in [-0.1, -0.05) is 12.1 Å². The van der Waals surface area contributed by atoms with Crippen LogP contribution in [-0.2, 0) is 20.8 Å². The molecule has 1 saturated heterocycles. The monoisotopic (exact) mass is 381 g/mol. The molecule has 0 saturated carbocycles. The summed E-state index contributed by atoms with van der Waals surface area (Å²) in [6.07, 6.45) is -1.18. The van der Waals surface area contributed by atoms with Crippen molar-refractivity contribution in [3.05, 3.63) is 29.8 Å². The van der Waals surface area contributed by atoms with Crippen molar-refractivity contribution in [3.63, 3.8) is 0 Å². The van der Waals surface area contributed by atoms with E-state index in [0.717, 1.165) is 4.90 Å². The largest absolute Gasteiger partial charge is 0.480 e. The number of nitrogens with zero attached hydrogens (tertiary/aromatic N) is 1. The topological polar surface area (TPSA) is 136 Å². The Morgan fingerprint density at radius 3 is 2.42 bits per heavy atom. The Kier molecular flexibility index (Phi) is 6.45. The minimum Gasteiger partial charge on any atom is -0.480 e. The summed E-state index contributed by atoms with van der Waals surface area (Å²) in [4.78, 5) is 46.9. The minimum absolute atomic E-state index is 0.0361. The number of anilines is 1. The van der Waals surface area contributed by atoms with Gasteiger partial charge in [0.05, 0.1) is 5.88 Å². The lowest BCUT2D eigenvalue weighted by atomic mass is 10.0. The van der Waals surface area contributed by atoms with Gasteiger partial charge in [-0.2, -0.15) is 0 Å². The van der Waals surface area contributed by atoms with Crippen LogP contribution < -0.4 is 10.6 Å². The standard InChI is InChI=1S/C16H19N3O6S/c1-9(20)17-11-4-2-10(3-5-11)6-12(15(22)23)18-14(21)13-7-26-8-19(13)16(24)25/h2-5,12-13H,6-8H2,1H3,(H,17,20)(H,18,21)(H,22,23)(H,24,25)/t12-,13+/m0/s1. The Morgan fingerprint density at radius 1 is 1.23 bits per heavy atom. The average molecular weight is 381 g/mol. The molecule has 0 aromatic heterocycles. The second-order valence-corrected chi connectivity index (χ2v) is 6.75. The van der Waals surface area contributed by atoms with E-state index in [1.165, 1.54) is 18.7 Å². The third-order valence-electron chi connectivity index (χ3n) is 3.76. The van der Waals surface area contributed by atoms with Crippen LogP contribution in [0.4, 0.5) is 10.5 Å². The molecular formula is C16H19N3O6S. The molecule has 0 spiro atoms. The highest BCUT2D eigenvalue weighted by atomic mass is 32.2. The molecule has 1 aromatic carbocycles. The van der Waals surface area contributed by atoms with Gasteiger partial charge in [0, 0.05) is 24.8 Å². The van der Waals surface area contributed by atoms with Crippen LogP contribution in [0.3, 0.4) is 0 Å². The smallest absolute Gasteiger partial charge is 0.408 e. The number of nitrogens with one attached hydrogen (secondary N) is 2. The van der Waals surface area contributed by atoms with Crippen LogP contribution in [0.25, 0.3) is 0 Å². The molecule has 1 fully saturated rings. The molecule has 1 aliphatic rings. The Balaban J connectivity index is 2.02. The maximum atomic E-state index is 12.3. The van der Waals surface area contributed by atoms with Gasteiger partial charge in [0.2, 0.25) is 11.8 Å². The SMILES string of the molecule is CC(=O)Nc1ccc(C[C@H](NC(=O)[C@H]2CSCN2C(=O)O)C(=O)O)cc1. The molecule has 0 radical (unpaired) electrons. The summed E-state index contributed by atoms with van der Waals surface area (Å²) in [7, 11) is 0. The summed E-state index contributed by atoms with van der Waals surface area (Å²) in [5.74, 6) is -1.59. The zero-order valence-electron chi connectivity index (χ0n) is 14.0. The predicted octanol–water partition coefficient (Wildman–Crippen LogP) is 0.810. The fourth-order valence-corrected chi connectivity index (χ4v) is 3.63. The number of carbonyl (C=O) groups excluding carboxylic acids is 2. The molecule has 2 atom stereocenters. The molecular weight excluding hydrogens is 362 g/mol. The van der Waals surface area contributed by atoms with Crippen molar-refractivity contribution in [2.75, 3.05) is 16.9 Å². The Morgan fingerprint density at radius 2 is 1.88 bits per heavy atom. The van der Waals surface area contributed by atoms with Crippen molar-refractivity contribution in [3.8, 4) is 0 Å². The summed E-state index contributed by atoms with van der Waals surface area (Å²) in [5.41, 5.74) is 1.24. The van der Waals surface area contributed by atoms with E-state index >= 15 is 0 Å². The lowest BCUT2D eigenvalue weighted by Gasteiger charge is -2.22. The van der Waals surface area contributed by atoms with Gasteiger partial charge < -0.3 is 20.8 Å². The number of carboxylic acid groups (broad SMARTS) is 2. The van der Waals surface area contributed by atoms with Crippen LogP contribution in [-0.4, -0.2) is 62.7 Å². The van der Waals surface area contributed by atoms with Crippen molar-refractivity contribution in [1.29, 1.82) is 0 Å². The Hall–Kier alpha value is -2.75. The Bertz CT molecular complexity index is 708. The molecule has 1 aromatic rings. The second-order valence-electron chi connectivity index (χ2n) is 5.75. The zero-order chi connectivity index (χ0) is 19.3. The van der Waals surface area contributed by atoms with Gasteiger partial charge in [0.25, 0.3) is 0 Å². The van der Waals surface area contributed by atoms with E-state index in [4.69, 9.17) is 5.11 Å². The van der Waals surface area contributed by atoms with E-state index < -0.39 is 30.1 Å². The molecule has 10 heteroatoms. The summed E-state index contributed by atoms with van der Waals surface area (Å²) in [6.45, 7) is 1.38. The zero-order valence-corrected chi connectivity index (χ0v) is 14.8. The highest BCUT2D eigenvalue weighted by molar-refractivity contribution is 7.99. The van der Waals surface area contributed by atoms with Crippen LogP contribution >= 0.6 is 11.8 Å². The molecule has 2 rings (SSSR count). The number of carbonyl (C=O) groups is 4. The van der Waals surface area contributed by atoms with Gasteiger partial charge >= 0.3 is 12.1 Å². The van der Waals surface area contributed by atoms with Crippen LogP contribution in [0.1, 0.15) is 12.5 Å². The van der Waals surface area contributed by atoms with E-state index in [1.54, 1.807) is 24.3 Å². The summed E-state index contributed by atoms with van der Waals surface area (Å²) in [6, 6.07) is 4.50. The number of aliphatic carboxylic acids is 1. The molecule has 0 unspecified atom stereocenters. The van der Waals surface area contributed by atoms with Gasteiger partial charge in [-0.05, 0) is 17.7 Å². The number of carboxylic acids is 1. The number of hydrogen-bond donors (Lipinski definition) is 4. The Labute approximate surface area is 153 Å². The molecule has 9 nitrogen and oxygen atoms in total. The molecule has 1 aliphatic heterocycles. The predicted molar refractivity (Wildman–Crippen MR) is 95.0 cm³/mol. The maximum absolute atomic E-state index is 12.3. The van der Waals surface area contributed by atoms with Gasteiger partial charge in [0.1, 0.15) is 12.1 Å². The number of benzene rings is 1. The number of amides is 3. The highest BCUT2D eigenvalue weighted by Gasteiger charge is 2.36. The van der Waals surface area contributed by atoms with Crippen LogP contribution in [0, 0.1) is 0 Å². The molecule has 3 amide bonds. The fourth-order valence-electron chi connectivity index (χ4n) is 2.48.